The van der Waals surface area contributed by atoms with E-state index in [1.165, 1.54) is 6.08 Å². The second-order valence-electron chi connectivity index (χ2n) is 9.35. The molecule has 0 amide bonds. The Bertz CT molecular complexity index is 1190. The van der Waals surface area contributed by atoms with Crippen molar-refractivity contribution in [3.63, 3.8) is 0 Å². The molecular formula is C27H35N7O3. The van der Waals surface area contributed by atoms with E-state index in [2.05, 4.69) is 52.6 Å². The van der Waals surface area contributed by atoms with Crippen LogP contribution in [0, 0.1) is 16.0 Å². The van der Waals surface area contributed by atoms with Gasteiger partial charge >= 0.3 is 0 Å². The zero-order valence-electron chi connectivity index (χ0n) is 21.5. The van der Waals surface area contributed by atoms with Gasteiger partial charge in [0.05, 0.1) is 18.9 Å². The Balaban J connectivity index is 1.74. The lowest BCUT2D eigenvalue weighted by Crippen LogP contribution is -2.37. The molecule has 3 N–H and O–H groups in total. The summed E-state index contributed by atoms with van der Waals surface area (Å²) in [6.45, 7) is 6.72. The molecule has 37 heavy (non-hydrogen) atoms. The Labute approximate surface area is 217 Å². The van der Waals surface area contributed by atoms with Gasteiger partial charge in [0.2, 0.25) is 0 Å². The summed E-state index contributed by atoms with van der Waals surface area (Å²) < 4.78 is 5.55. The minimum Gasteiger partial charge on any atom is -0.402 e. The number of ether oxygens (including phenoxy) is 1. The number of nitrogens with two attached hydrogens (primary N) is 1. The topological polar surface area (TPSA) is 132 Å². The van der Waals surface area contributed by atoms with Crippen molar-refractivity contribution in [2.75, 3.05) is 31.2 Å². The van der Waals surface area contributed by atoms with Gasteiger partial charge in [-0.2, -0.15) is 9.98 Å². The summed E-state index contributed by atoms with van der Waals surface area (Å²) in [4.78, 5) is 27.3. The van der Waals surface area contributed by atoms with Gasteiger partial charge in [-0.1, -0.05) is 42.7 Å². The molecule has 196 valence electrons. The Kier molecular flexibility index (Phi) is 8.84. The van der Waals surface area contributed by atoms with E-state index in [-0.39, 0.29) is 11.8 Å². The number of morpholine rings is 1. The lowest BCUT2D eigenvalue weighted by Gasteiger charge is -2.29. The van der Waals surface area contributed by atoms with Crippen LogP contribution in [-0.4, -0.2) is 47.1 Å². The highest BCUT2D eigenvalue weighted by molar-refractivity contribution is 5.94. The third kappa shape index (κ3) is 7.36. The maximum Gasteiger partial charge on any atom is 0.254 e. The van der Waals surface area contributed by atoms with E-state index in [9.17, 15) is 10.1 Å². The van der Waals surface area contributed by atoms with Crippen molar-refractivity contribution in [2.24, 2.45) is 16.6 Å². The van der Waals surface area contributed by atoms with Gasteiger partial charge in [-0.15, -0.1) is 0 Å². The number of aromatic nitrogens is 2. The van der Waals surface area contributed by atoms with Crippen LogP contribution in [0.25, 0.3) is 6.08 Å². The number of hydrogen-bond acceptors (Lipinski definition) is 8. The molecule has 0 aromatic carbocycles. The minimum atomic E-state index is -0.647. The predicted molar refractivity (Wildman–Crippen MR) is 146 cm³/mol. The molecular weight excluding hydrogens is 470 g/mol. The number of nitro groups is 1. The van der Waals surface area contributed by atoms with Crippen molar-refractivity contribution in [1.82, 2.24) is 15.4 Å². The Morgan fingerprint density at radius 3 is 2.81 bits per heavy atom. The van der Waals surface area contributed by atoms with Gasteiger partial charge in [0, 0.05) is 36.8 Å². The summed E-state index contributed by atoms with van der Waals surface area (Å²) >= 11 is 0. The summed E-state index contributed by atoms with van der Waals surface area (Å²) in [6, 6.07) is 0. The molecule has 10 heteroatoms. The molecule has 1 aromatic heterocycles. The molecule has 0 bridgehead atoms. The normalized spacial score (nSPS) is 19.0. The van der Waals surface area contributed by atoms with Gasteiger partial charge in [0.25, 0.3) is 5.95 Å². The van der Waals surface area contributed by atoms with Gasteiger partial charge in [0.15, 0.2) is 10.9 Å². The molecule has 10 nitrogen and oxygen atoms in total. The first-order valence-electron chi connectivity index (χ1n) is 12.9. The SMILES string of the molecule is C\C=C/C(=C\C=C\CC)C1=Cc2nc(/N=C(\C=C(/N)CC3CC3)N[N+](=O)[O-])nc(N3CCOCC3)c2C1. The molecule has 0 radical (unpaired) electrons. The van der Waals surface area contributed by atoms with Crippen LogP contribution in [0.15, 0.2) is 58.3 Å². The highest BCUT2D eigenvalue weighted by Gasteiger charge is 2.26. The second-order valence-corrected chi connectivity index (χ2v) is 9.35. The quantitative estimate of drug-likeness (QED) is 0.159. The molecule has 0 atom stereocenters. The first-order chi connectivity index (χ1) is 18.0. The third-order valence-corrected chi connectivity index (χ3v) is 6.33. The number of nitrogens with one attached hydrogen (secondary N) is 1. The first kappa shape index (κ1) is 26.3. The molecule has 0 spiro atoms. The van der Waals surface area contributed by atoms with Crippen molar-refractivity contribution in [3.05, 3.63) is 74.7 Å². The molecule has 2 aliphatic carbocycles. The van der Waals surface area contributed by atoms with E-state index in [0.29, 0.717) is 50.8 Å². The van der Waals surface area contributed by atoms with Crippen LogP contribution in [0.1, 0.15) is 50.8 Å². The van der Waals surface area contributed by atoms with E-state index in [1.54, 1.807) is 0 Å². The Morgan fingerprint density at radius 2 is 2.14 bits per heavy atom. The second kappa shape index (κ2) is 12.4. The summed E-state index contributed by atoms with van der Waals surface area (Å²) in [5, 5.41) is 10.6. The fourth-order valence-corrected chi connectivity index (χ4v) is 4.38. The van der Waals surface area contributed by atoms with Crippen LogP contribution in [0.5, 0.6) is 0 Å². The average molecular weight is 506 g/mol. The number of amidine groups is 1. The number of rotatable bonds is 10. The first-order valence-corrected chi connectivity index (χ1v) is 12.9. The molecule has 2 fully saturated rings. The standard InChI is InChI=1S/C27H35N7O3/c1-3-5-6-8-20(7-4-2)21-16-23-24(17-21)29-27(31-26(23)33-11-13-37-14-12-33)30-25(32-34(35)36)18-22(28)15-19-9-10-19/h4-8,17-19H,3,9-16,28H2,1-2H3,(H,29,30,31,32)/b6-5+,7-4-,20-8+,22-18-. The summed E-state index contributed by atoms with van der Waals surface area (Å²) in [5.41, 5.74) is 12.9. The van der Waals surface area contributed by atoms with Crippen LogP contribution < -0.4 is 16.1 Å². The smallest absolute Gasteiger partial charge is 0.254 e. The summed E-state index contributed by atoms with van der Waals surface area (Å²) in [7, 11) is 0. The highest BCUT2D eigenvalue weighted by Crippen LogP contribution is 2.36. The lowest BCUT2D eigenvalue weighted by atomic mass is 10.0. The predicted octanol–water partition coefficient (Wildman–Crippen LogP) is 4.18. The van der Waals surface area contributed by atoms with Crippen LogP contribution in [-0.2, 0) is 11.2 Å². The van der Waals surface area contributed by atoms with Gasteiger partial charge in [-0.25, -0.2) is 15.1 Å². The maximum absolute atomic E-state index is 11.3. The number of nitrogens with zero attached hydrogens (tertiary/aromatic N) is 5. The Morgan fingerprint density at radius 1 is 1.35 bits per heavy atom. The van der Waals surface area contributed by atoms with E-state index in [4.69, 9.17) is 20.4 Å². The zero-order valence-corrected chi connectivity index (χ0v) is 21.5. The highest BCUT2D eigenvalue weighted by atomic mass is 16.7. The zero-order chi connectivity index (χ0) is 26.2. The van der Waals surface area contributed by atoms with Crippen molar-refractivity contribution in [3.8, 4) is 0 Å². The molecule has 1 saturated carbocycles. The molecule has 1 aromatic rings. The Hall–Kier alpha value is -3.79. The number of fused-ring (bicyclic) bond motifs is 1. The number of anilines is 1. The number of hydrogen-bond donors (Lipinski definition) is 2. The molecule has 3 aliphatic rings. The summed E-state index contributed by atoms with van der Waals surface area (Å²) in [5.74, 6) is 1.50. The molecule has 0 unspecified atom stereocenters. The van der Waals surface area contributed by atoms with E-state index < -0.39 is 5.03 Å². The van der Waals surface area contributed by atoms with Gasteiger partial charge in [0.1, 0.15) is 5.82 Å². The fraction of sp³-hybridized carbons (Fsp3) is 0.444. The molecule has 1 saturated heterocycles. The van der Waals surface area contributed by atoms with E-state index in [1.807, 2.05) is 13.0 Å². The van der Waals surface area contributed by atoms with Gasteiger partial charge < -0.3 is 15.4 Å². The van der Waals surface area contributed by atoms with Crippen molar-refractivity contribution in [2.45, 2.75) is 46.0 Å². The van der Waals surface area contributed by atoms with Crippen molar-refractivity contribution < 1.29 is 9.77 Å². The number of hydrazine groups is 1. The van der Waals surface area contributed by atoms with Crippen LogP contribution >= 0.6 is 0 Å². The summed E-state index contributed by atoms with van der Waals surface area (Å²) in [6.07, 6.45) is 18.6. The van der Waals surface area contributed by atoms with Crippen LogP contribution in [0.4, 0.5) is 11.8 Å². The number of aliphatic imine (C=N–C) groups is 1. The van der Waals surface area contributed by atoms with E-state index >= 15 is 0 Å². The number of allylic oxidation sites excluding steroid dienone is 8. The average Bonchev–Trinajstić information content (AvgIpc) is 3.57. The monoisotopic (exact) mass is 505 g/mol. The van der Waals surface area contributed by atoms with Crippen LogP contribution in [0.3, 0.4) is 0 Å². The minimum absolute atomic E-state index is 0.0115. The third-order valence-electron chi connectivity index (χ3n) is 6.33. The van der Waals surface area contributed by atoms with Gasteiger partial charge in [-0.3, -0.25) is 0 Å². The van der Waals surface area contributed by atoms with Crippen molar-refractivity contribution >= 4 is 23.7 Å². The molecule has 4 rings (SSSR count). The van der Waals surface area contributed by atoms with Crippen molar-refractivity contribution in [1.29, 1.82) is 0 Å². The van der Waals surface area contributed by atoms with Gasteiger partial charge in [-0.05, 0) is 55.7 Å². The largest absolute Gasteiger partial charge is 0.402 e. The fourth-order valence-electron chi connectivity index (χ4n) is 4.38. The van der Waals surface area contributed by atoms with Crippen LogP contribution in [0.2, 0.25) is 0 Å². The molecule has 2 heterocycles. The molecule has 1 aliphatic heterocycles. The van der Waals surface area contributed by atoms with E-state index in [0.717, 1.165) is 47.5 Å². The lowest BCUT2D eigenvalue weighted by molar-refractivity contribution is -0.524. The maximum atomic E-state index is 11.3.